The molecule has 0 aliphatic rings. The minimum Gasteiger partial charge on any atom is -0.406 e. The Morgan fingerprint density at radius 3 is 2.64 bits per heavy atom. The third kappa shape index (κ3) is 2.20. The zero-order valence-corrected chi connectivity index (χ0v) is 9.05. The average molecular weight is 215 g/mol. The number of ether oxygens (including phenoxy) is 1. The molecule has 0 saturated carbocycles. The lowest BCUT2D eigenvalue weighted by Crippen LogP contribution is -2.07. The van der Waals surface area contributed by atoms with Gasteiger partial charge >= 0.3 is 5.97 Å². The first-order valence-corrected chi connectivity index (χ1v) is 4.64. The zero-order chi connectivity index (χ0) is 10.7. The van der Waals surface area contributed by atoms with Crippen molar-refractivity contribution >= 4 is 17.6 Å². The van der Waals surface area contributed by atoms with E-state index in [4.69, 9.17) is 16.3 Å². The van der Waals surface area contributed by atoms with Gasteiger partial charge in [-0.1, -0.05) is 18.5 Å². The highest BCUT2D eigenvalue weighted by atomic mass is 35.5. The summed E-state index contributed by atoms with van der Waals surface area (Å²) in [6.07, 6.45) is 0.731. The van der Waals surface area contributed by atoms with E-state index in [2.05, 4.69) is 10.2 Å². The Hall–Kier alpha value is -1.16. The molecule has 1 rings (SSSR count). The predicted molar refractivity (Wildman–Crippen MR) is 52.5 cm³/mol. The van der Waals surface area contributed by atoms with Crippen LogP contribution in [0.25, 0.3) is 0 Å². The van der Waals surface area contributed by atoms with Crippen LogP contribution in [0.4, 0.5) is 0 Å². The van der Waals surface area contributed by atoms with E-state index in [0.29, 0.717) is 5.15 Å². The topological polar surface area (TPSA) is 52.1 Å². The third-order valence-electron chi connectivity index (χ3n) is 1.85. The van der Waals surface area contributed by atoms with Crippen molar-refractivity contribution in [2.24, 2.45) is 0 Å². The molecule has 0 bridgehead atoms. The van der Waals surface area contributed by atoms with Gasteiger partial charge in [0.05, 0.1) is 0 Å². The second-order valence-electron chi connectivity index (χ2n) is 2.85. The summed E-state index contributed by atoms with van der Waals surface area (Å²) < 4.78 is 4.87. The molecule has 0 N–H and O–H groups in total. The molecule has 1 aromatic heterocycles. The summed E-state index contributed by atoms with van der Waals surface area (Å²) in [4.78, 5) is 10.7. The molecule has 1 aromatic rings. The molecule has 0 aliphatic heterocycles. The maximum Gasteiger partial charge on any atom is 0.309 e. The highest BCUT2D eigenvalue weighted by Crippen LogP contribution is 2.23. The molecule has 0 atom stereocenters. The first kappa shape index (κ1) is 10.9. The second-order valence-corrected chi connectivity index (χ2v) is 3.20. The Morgan fingerprint density at radius 2 is 2.14 bits per heavy atom. The molecule has 0 spiro atoms. The van der Waals surface area contributed by atoms with Crippen molar-refractivity contribution in [3.8, 4) is 5.88 Å². The molecule has 14 heavy (non-hydrogen) atoms. The molecule has 0 amide bonds. The number of hydrogen-bond donors (Lipinski definition) is 0. The fourth-order valence-corrected chi connectivity index (χ4v) is 1.47. The van der Waals surface area contributed by atoms with Crippen LogP contribution in [0.3, 0.4) is 0 Å². The van der Waals surface area contributed by atoms with Gasteiger partial charge in [-0.15, -0.1) is 10.2 Å². The maximum absolute atomic E-state index is 10.7. The van der Waals surface area contributed by atoms with Gasteiger partial charge in [0, 0.05) is 12.5 Å². The van der Waals surface area contributed by atoms with Crippen LogP contribution in [-0.2, 0) is 11.2 Å². The SMILES string of the molecule is CCc1c(Cl)nnc(OC(C)=O)c1C. The first-order chi connectivity index (χ1) is 6.56. The van der Waals surface area contributed by atoms with Gasteiger partial charge in [0.1, 0.15) is 0 Å². The summed E-state index contributed by atoms with van der Waals surface area (Å²) in [6.45, 7) is 5.08. The molecule has 0 saturated heterocycles. The molecule has 0 unspecified atom stereocenters. The van der Waals surface area contributed by atoms with Crippen LogP contribution in [-0.4, -0.2) is 16.2 Å². The van der Waals surface area contributed by atoms with Crippen LogP contribution < -0.4 is 4.74 Å². The standard InChI is InChI=1S/C9H11ClN2O2/c1-4-7-5(2)9(14-6(3)13)12-11-8(7)10/h4H2,1-3H3. The van der Waals surface area contributed by atoms with Crippen LogP contribution in [0.15, 0.2) is 0 Å². The molecule has 76 valence electrons. The molecular formula is C9H11ClN2O2. The Bertz CT molecular complexity index is 366. The number of esters is 1. The van der Waals surface area contributed by atoms with E-state index < -0.39 is 5.97 Å². The van der Waals surface area contributed by atoms with Crippen molar-refractivity contribution in [3.63, 3.8) is 0 Å². The van der Waals surface area contributed by atoms with Crippen molar-refractivity contribution in [2.75, 3.05) is 0 Å². The van der Waals surface area contributed by atoms with E-state index in [1.807, 2.05) is 6.92 Å². The maximum atomic E-state index is 10.7. The number of halogens is 1. The van der Waals surface area contributed by atoms with Gasteiger partial charge < -0.3 is 4.74 Å². The summed E-state index contributed by atoms with van der Waals surface area (Å²) in [5, 5.41) is 7.77. The van der Waals surface area contributed by atoms with Crippen LogP contribution in [0, 0.1) is 6.92 Å². The lowest BCUT2D eigenvalue weighted by Gasteiger charge is -2.08. The highest BCUT2D eigenvalue weighted by Gasteiger charge is 2.12. The number of carbonyl (C=O) groups is 1. The monoisotopic (exact) mass is 214 g/mol. The summed E-state index contributed by atoms with van der Waals surface area (Å²) in [6, 6.07) is 0. The van der Waals surface area contributed by atoms with Gasteiger partial charge in [0.25, 0.3) is 0 Å². The van der Waals surface area contributed by atoms with E-state index in [9.17, 15) is 4.79 Å². The van der Waals surface area contributed by atoms with Gasteiger partial charge in [-0.3, -0.25) is 4.79 Å². The van der Waals surface area contributed by atoms with Crippen LogP contribution in [0.5, 0.6) is 5.88 Å². The minimum absolute atomic E-state index is 0.235. The van der Waals surface area contributed by atoms with Gasteiger partial charge in [0.15, 0.2) is 5.15 Å². The van der Waals surface area contributed by atoms with Crippen LogP contribution >= 0.6 is 11.6 Å². The van der Waals surface area contributed by atoms with Crippen molar-refractivity contribution in [2.45, 2.75) is 27.2 Å². The summed E-state index contributed by atoms with van der Waals surface area (Å²) >= 11 is 5.82. The lowest BCUT2D eigenvalue weighted by molar-refractivity contribution is -0.132. The van der Waals surface area contributed by atoms with E-state index in [1.54, 1.807) is 6.92 Å². The van der Waals surface area contributed by atoms with Gasteiger partial charge in [-0.05, 0) is 18.9 Å². The molecule has 0 fully saturated rings. The van der Waals surface area contributed by atoms with E-state index >= 15 is 0 Å². The number of aromatic nitrogens is 2. The van der Waals surface area contributed by atoms with Gasteiger partial charge in [0.2, 0.25) is 5.88 Å². The molecule has 4 nitrogen and oxygen atoms in total. The van der Waals surface area contributed by atoms with Crippen LogP contribution in [0.2, 0.25) is 5.15 Å². The molecular weight excluding hydrogens is 204 g/mol. The molecule has 0 aromatic carbocycles. The number of rotatable bonds is 2. The Kier molecular flexibility index (Phi) is 3.41. The third-order valence-corrected chi connectivity index (χ3v) is 2.15. The quantitative estimate of drug-likeness (QED) is 0.706. The number of carbonyl (C=O) groups excluding carboxylic acids is 1. The Balaban J connectivity index is 3.14. The fourth-order valence-electron chi connectivity index (χ4n) is 1.15. The predicted octanol–water partition coefficient (Wildman–Crippen LogP) is 1.93. The molecule has 0 aliphatic carbocycles. The summed E-state index contributed by atoms with van der Waals surface area (Å²) in [5.74, 6) is -0.175. The van der Waals surface area contributed by atoms with Crippen molar-refractivity contribution in [1.82, 2.24) is 10.2 Å². The van der Waals surface area contributed by atoms with Gasteiger partial charge in [-0.25, -0.2) is 0 Å². The largest absolute Gasteiger partial charge is 0.406 e. The van der Waals surface area contributed by atoms with Gasteiger partial charge in [-0.2, -0.15) is 0 Å². The summed E-state index contributed by atoms with van der Waals surface area (Å²) in [5.41, 5.74) is 1.63. The minimum atomic E-state index is -0.410. The Labute approximate surface area is 87.2 Å². The van der Waals surface area contributed by atoms with Crippen molar-refractivity contribution < 1.29 is 9.53 Å². The fraction of sp³-hybridized carbons (Fsp3) is 0.444. The second kappa shape index (κ2) is 4.37. The smallest absolute Gasteiger partial charge is 0.309 e. The van der Waals surface area contributed by atoms with Crippen LogP contribution in [0.1, 0.15) is 25.0 Å². The molecule has 5 heteroatoms. The molecule has 1 heterocycles. The number of nitrogens with zero attached hydrogens (tertiary/aromatic N) is 2. The average Bonchev–Trinajstić information content (AvgIpc) is 2.10. The highest BCUT2D eigenvalue weighted by molar-refractivity contribution is 6.30. The lowest BCUT2D eigenvalue weighted by atomic mass is 10.1. The van der Waals surface area contributed by atoms with Crippen molar-refractivity contribution in [3.05, 3.63) is 16.3 Å². The first-order valence-electron chi connectivity index (χ1n) is 4.26. The normalized spacial score (nSPS) is 10.0. The van der Waals surface area contributed by atoms with E-state index in [0.717, 1.165) is 17.5 Å². The molecule has 0 radical (unpaired) electrons. The number of hydrogen-bond acceptors (Lipinski definition) is 4. The summed E-state index contributed by atoms with van der Waals surface area (Å²) in [7, 11) is 0. The van der Waals surface area contributed by atoms with E-state index in [-0.39, 0.29) is 5.88 Å². The van der Waals surface area contributed by atoms with Crippen molar-refractivity contribution in [1.29, 1.82) is 0 Å². The zero-order valence-electron chi connectivity index (χ0n) is 8.30. The Morgan fingerprint density at radius 1 is 1.50 bits per heavy atom. The van der Waals surface area contributed by atoms with E-state index in [1.165, 1.54) is 6.92 Å².